The smallest absolute Gasteiger partial charge is 0.309 e. The van der Waals surface area contributed by atoms with E-state index in [0.29, 0.717) is 13.0 Å². The molecule has 0 saturated carbocycles. The number of hydrogen-bond donors (Lipinski definition) is 0. The molecule has 0 radical (unpaired) electrons. The van der Waals surface area contributed by atoms with Crippen molar-refractivity contribution in [3.8, 4) is 11.5 Å². The highest BCUT2D eigenvalue weighted by Gasteiger charge is 2.36. The summed E-state index contributed by atoms with van der Waals surface area (Å²) in [5.74, 6) is 1.59. The molecule has 0 N–H and O–H groups in total. The molecular weight excluding hydrogens is 304 g/mol. The summed E-state index contributed by atoms with van der Waals surface area (Å²) in [4.78, 5) is 12.2. The number of carbonyl (C=O) groups is 1. The van der Waals surface area contributed by atoms with Gasteiger partial charge in [0, 0.05) is 5.92 Å². The number of rotatable bonds is 6. The second kappa shape index (κ2) is 7.39. The van der Waals surface area contributed by atoms with Gasteiger partial charge >= 0.3 is 5.97 Å². The lowest BCUT2D eigenvalue weighted by atomic mass is 9.85. The Hall–Kier alpha value is -2.49. The summed E-state index contributed by atoms with van der Waals surface area (Å²) < 4.78 is 15.9. The first-order valence-electron chi connectivity index (χ1n) is 8.12. The van der Waals surface area contributed by atoms with Gasteiger partial charge in [0.25, 0.3) is 0 Å². The maximum absolute atomic E-state index is 12.2. The molecule has 126 valence electrons. The highest BCUT2D eigenvalue weighted by molar-refractivity contribution is 5.75. The molecule has 0 aromatic heterocycles. The number of cyclic esters (lactones) is 1. The van der Waals surface area contributed by atoms with Crippen LogP contribution >= 0.6 is 0 Å². The standard InChI is InChI=1S/C20H22O4/c1-22-17-7-3-5-14(10-17)9-16-13-24-20(21)19(16)12-15-6-4-8-18(11-15)23-2/h3-8,10-11,16,19H,9,12-13H2,1-2H3/t16-,19+/m1/s1. The Labute approximate surface area is 142 Å². The first kappa shape index (κ1) is 16.4. The lowest BCUT2D eigenvalue weighted by molar-refractivity contribution is -0.141. The summed E-state index contributed by atoms with van der Waals surface area (Å²) in [6.45, 7) is 0.477. The molecule has 2 aromatic carbocycles. The summed E-state index contributed by atoms with van der Waals surface area (Å²) in [5, 5.41) is 0. The van der Waals surface area contributed by atoms with Crippen molar-refractivity contribution in [2.24, 2.45) is 11.8 Å². The Balaban J connectivity index is 1.73. The van der Waals surface area contributed by atoms with Crippen LogP contribution in [0.2, 0.25) is 0 Å². The first-order valence-corrected chi connectivity index (χ1v) is 8.12. The molecule has 0 bridgehead atoms. The minimum Gasteiger partial charge on any atom is -0.497 e. The first-order chi connectivity index (χ1) is 11.7. The summed E-state index contributed by atoms with van der Waals surface area (Å²) in [6, 6.07) is 15.8. The van der Waals surface area contributed by atoms with Gasteiger partial charge in [-0.15, -0.1) is 0 Å². The van der Waals surface area contributed by atoms with Gasteiger partial charge < -0.3 is 14.2 Å². The second-order valence-electron chi connectivity index (χ2n) is 6.11. The van der Waals surface area contributed by atoms with Gasteiger partial charge in [-0.3, -0.25) is 4.79 Å². The predicted molar refractivity (Wildman–Crippen MR) is 91.3 cm³/mol. The zero-order valence-electron chi connectivity index (χ0n) is 14.0. The van der Waals surface area contributed by atoms with Gasteiger partial charge in [-0.05, 0) is 48.2 Å². The molecule has 0 aliphatic carbocycles. The van der Waals surface area contributed by atoms with Crippen molar-refractivity contribution in [3.63, 3.8) is 0 Å². The SMILES string of the molecule is COc1cccc(C[C@@H]2COC(=O)[C@H]2Cc2cccc(OC)c2)c1. The van der Waals surface area contributed by atoms with Crippen LogP contribution in [0.15, 0.2) is 48.5 Å². The fourth-order valence-electron chi connectivity index (χ4n) is 3.21. The zero-order chi connectivity index (χ0) is 16.9. The molecule has 0 unspecified atom stereocenters. The molecule has 2 atom stereocenters. The van der Waals surface area contributed by atoms with Crippen LogP contribution in [0.3, 0.4) is 0 Å². The number of methoxy groups -OCH3 is 2. The predicted octanol–water partition coefficient (Wildman–Crippen LogP) is 3.28. The van der Waals surface area contributed by atoms with Crippen molar-refractivity contribution < 1.29 is 19.0 Å². The van der Waals surface area contributed by atoms with E-state index in [-0.39, 0.29) is 17.8 Å². The number of benzene rings is 2. The van der Waals surface area contributed by atoms with E-state index in [2.05, 4.69) is 6.07 Å². The van der Waals surface area contributed by atoms with Crippen molar-refractivity contribution in [1.82, 2.24) is 0 Å². The number of esters is 1. The van der Waals surface area contributed by atoms with Crippen LogP contribution in [0.5, 0.6) is 11.5 Å². The van der Waals surface area contributed by atoms with Crippen molar-refractivity contribution in [2.75, 3.05) is 20.8 Å². The Bertz CT molecular complexity index is 710. The molecule has 1 heterocycles. The van der Waals surface area contributed by atoms with E-state index in [1.165, 1.54) is 0 Å². The molecule has 4 nitrogen and oxygen atoms in total. The number of hydrogen-bond acceptors (Lipinski definition) is 4. The topological polar surface area (TPSA) is 44.8 Å². The lowest BCUT2D eigenvalue weighted by Crippen LogP contribution is -2.20. The van der Waals surface area contributed by atoms with Crippen molar-refractivity contribution in [1.29, 1.82) is 0 Å². The molecule has 24 heavy (non-hydrogen) atoms. The second-order valence-corrected chi connectivity index (χ2v) is 6.11. The molecular formula is C20H22O4. The van der Waals surface area contributed by atoms with Crippen LogP contribution < -0.4 is 9.47 Å². The fraction of sp³-hybridized carbons (Fsp3) is 0.350. The molecule has 0 amide bonds. The van der Waals surface area contributed by atoms with E-state index in [1.807, 2.05) is 42.5 Å². The van der Waals surface area contributed by atoms with Gasteiger partial charge in [-0.2, -0.15) is 0 Å². The van der Waals surface area contributed by atoms with Crippen LogP contribution in [0, 0.1) is 11.8 Å². The van der Waals surface area contributed by atoms with E-state index < -0.39 is 0 Å². The minimum absolute atomic E-state index is 0.106. The van der Waals surface area contributed by atoms with E-state index >= 15 is 0 Å². The van der Waals surface area contributed by atoms with Crippen molar-refractivity contribution >= 4 is 5.97 Å². The summed E-state index contributed by atoms with van der Waals surface area (Å²) in [5.41, 5.74) is 2.25. The van der Waals surface area contributed by atoms with Crippen LogP contribution in [-0.2, 0) is 22.4 Å². The van der Waals surface area contributed by atoms with Gasteiger partial charge in [0.1, 0.15) is 11.5 Å². The van der Waals surface area contributed by atoms with E-state index in [4.69, 9.17) is 14.2 Å². The zero-order valence-corrected chi connectivity index (χ0v) is 14.0. The molecule has 2 aromatic rings. The van der Waals surface area contributed by atoms with Gasteiger partial charge in [-0.1, -0.05) is 24.3 Å². The summed E-state index contributed by atoms with van der Waals surface area (Å²) in [6.07, 6.45) is 1.47. The quantitative estimate of drug-likeness (QED) is 0.764. The monoisotopic (exact) mass is 326 g/mol. The average molecular weight is 326 g/mol. The Morgan fingerprint density at radius 2 is 1.54 bits per heavy atom. The maximum atomic E-state index is 12.2. The number of carbonyl (C=O) groups excluding carboxylic acids is 1. The van der Waals surface area contributed by atoms with E-state index in [0.717, 1.165) is 29.0 Å². The molecule has 4 heteroatoms. The number of ether oxygens (including phenoxy) is 3. The van der Waals surface area contributed by atoms with E-state index in [9.17, 15) is 4.79 Å². The Kier molecular flexibility index (Phi) is 5.04. The van der Waals surface area contributed by atoms with Crippen molar-refractivity contribution in [2.45, 2.75) is 12.8 Å². The molecule has 1 saturated heterocycles. The van der Waals surface area contributed by atoms with Crippen LogP contribution in [0.1, 0.15) is 11.1 Å². The third-order valence-electron chi connectivity index (χ3n) is 4.53. The third kappa shape index (κ3) is 3.70. The fourth-order valence-corrected chi connectivity index (χ4v) is 3.21. The normalized spacial score (nSPS) is 19.8. The molecule has 0 spiro atoms. The molecule has 1 fully saturated rings. The summed E-state index contributed by atoms with van der Waals surface area (Å²) >= 11 is 0. The largest absolute Gasteiger partial charge is 0.497 e. The molecule has 3 rings (SSSR count). The van der Waals surface area contributed by atoms with Crippen LogP contribution in [0.25, 0.3) is 0 Å². The van der Waals surface area contributed by atoms with Gasteiger partial charge in [0.05, 0.1) is 26.7 Å². The van der Waals surface area contributed by atoms with Gasteiger partial charge in [0.2, 0.25) is 0 Å². The highest BCUT2D eigenvalue weighted by atomic mass is 16.5. The van der Waals surface area contributed by atoms with Crippen LogP contribution in [0.4, 0.5) is 0 Å². The van der Waals surface area contributed by atoms with Gasteiger partial charge in [-0.25, -0.2) is 0 Å². The molecule has 1 aliphatic rings. The van der Waals surface area contributed by atoms with Crippen molar-refractivity contribution in [3.05, 3.63) is 59.7 Å². The Morgan fingerprint density at radius 3 is 2.12 bits per heavy atom. The summed E-state index contributed by atoms with van der Waals surface area (Å²) in [7, 11) is 3.31. The highest BCUT2D eigenvalue weighted by Crippen LogP contribution is 2.30. The van der Waals surface area contributed by atoms with E-state index in [1.54, 1.807) is 14.2 Å². The Morgan fingerprint density at radius 1 is 0.958 bits per heavy atom. The van der Waals surface area contributed by atoms with Crippen LogP contribution in [-0.4, -0.2) is 26.8 Å². The molecule has 1 aliphatic heterocycles. The maximum Gasteiger partial charge on any atom is 0.309 e. The third-order valence-corrected chi connectivity index (χ3v) is 4.53. The average Bonchev–Trinajstić information content (AvgIpc) is 2.95. The lowest BCUT2D eigenvalue weighted by Gasteiger charge is -2.16. The van der Waals surface area contributed by atoms with Gasteiger partial charge in [0.15, 0.2) is 0 Å². The minimum atomic E-state index is -0.122.